The monoisotopic (exact) mass is 348 g/mol. The summed E-state index contributed by atoms with van der Waals surface area (Å²) in [4.78, 5) is 15.7. The van der Waals surface area contributed by atoms with Gasteiger partial charge in [0.05, 0.1) is 6.61 Å². The third-order valence-corrected chi connectivity index (χ3v) is 4.58. The van der Waals surface area contributed by atoms with Gasteiger partial charge in [0.1, 0.15) is 17.6 Å². The number of hydrogen-bond donors (Lipinski definition) is 2. The number of carbonyl (C=O) groups excluding carboxylic acids is 1. The van der Waals surface area contributed by atoms with Gasteiger partial charge < -0.3 is 15.6 Å². The first-order valence-corrected chi connectivity index (χ1v) is 8.15. The van der Waals surface area contributed by atoms with Crippen LogP contribution in [-0.4, -0.2) is 28.7 Å². The van der Waals surface area contributed by atoms with Gasteiger partial charge in [-0.2, -0.15) is 0 Å². The molecule has 1 aromatic heterocycles. The van der Waals surface area contributed by atoms with Gasteiger partial charge in [-0.05, 0) is 35.3 Å². The number of aliphatic hydroxyl groups excluding tert-OH is 1. The quantitative estimate of drug-likeness (QED) is 0.822. The van der Waals surface area contributed by atoms with Crippen LogP contribution in [0.15, 0.2) is 24.3 Å². The third-order valence-electron chi connectivity index (χ3n) is 4.23. The van der Waals surface area contributed by atoms with Gasteiger partial charge in [0.2, 0.25) is 5.88 Å². The second kappa shape index (κ2) is 6.46. The van der Waals surface area contributed by atoms with Gasteiger partial charge in [-0.3, -0.25) is 4.79 Å². The zero-order chi connectivity index (χ0) is 17.4. The van der Waals surface area contributed by atoms with Crippen LogP contribution in [0, 0.1) is 11.7 Å². The van der Waals surface area contributed by atoms with E-state index in [2.05, 4.69) is 14.2 Å². The van der Waals surface area contributed by atoms with Crippen LogP contribution in [0.1, 0.15) is 23.0 Å². The summed E-state index contributed by atoms with van der Waals surface area (Å²) < 4.78 is 20.2. The Morgan fingerprint density at radius 1 is 1.46 bits per heavy atom. The molecule has 0 fully saturated rings. The summed E-state index contributed by atoms with van der Waals surface area (Å²) in [7, 11) is 2.44. The predicted octanol–water partition coefficient (Wildman–Crippen LogP) is 1.42. The maximum Gasteiger partial charge on any atom is 0.267 e. The van der Waals surface area contributed by atoms with Crippen molar-refractivity contribution in [3.8, 4) is 17.0 Å². The van der Waals surface area contributed by atoms with Crippen molar-refractivity contribution in [1.29, 1.82) is 0 Å². The number of aliphatic hydroxyl groups is 1. The molecule has 1 aliphatic heterocycles. The molecule has 3 atom stereocenters. The summed E-state index contributed by atoms with van der Waals surface area (Å²) >= 11 is 0. The van der Waals surface area contributed by atoms with Crippen molar-refractivity contribution < 1.29 is 19.0 Å². The molecule has 7 heteroatoms. The number of aromatic nitrogens is 1. The minimum atomic E-state index is -0.718. The Morgan fingerprint density at radius 3 is 2.83 bits per heavy atom. The molecule has 3 rings (SSSR count). The molecule has 5 nitrogen and oxygen atoms in total. The van der Waals surface area contributed by atoms with Crippen molar-refractivity contribution in [3.63, 3.8) is 0 Å². The van der Waals surface area contributed by atoms with Gasteiger partial charge in [-0.15, -0.1) is 9.24 Å². The number of halogens is 1. The van der Waals surface area contributed by atoms with E-state index in [4.69, 9.17) is 10.5 Å². The Bertz CT molecular complexity index is 813. The molecule has 1 aliphatic rings. The Labute approximate surface area is 141 Å². The number of fused-ring (bicyclic) bond motifs is 1. The molecule has 2 aromatic rings. The molecule has 0 bridgehead atoms. The van der Waals surface area contributed by atoms with Crippen molar-refractivity contribution in [2.75, 3.05) is 6.61 Å². The number of pyridine rings is 1. The average molecular weight is 348 g/mol. The molecule has 2 heterocycles. The average Bonchev–Trinajstić information content (AvgIpc) is 2.53. The highest BCUT2D eigenvalue weighted by atomic mass is 31.0. The lowest BCUT2D eigenvalue weighted by Gasteiger charge is -2.31. The summed E-state index contributed by atoms with van der Waals surface area (Å²) in [6, 6.07) is 6.32. The number of amides is 1. The minimum absolute atomic E-state index is 0.00402. The fourth-order valence-electron chi connectivity index (χ4n) is 2.89. The SMILES string of the molecule is CC1Cc2c(-c3ccc(P)cc3F)cc(C(N)=O)nc2OC1CO. The number of benzene rings is 1. The van der Waals surface area contributed by atoms with E-state index in [1.54, 1.807) is 12.1 Å². The first kappa shape index (κ1) is 16.8. The molecule has 0 radical (unpaired) electrons. The minimum Gasteiger partial charge on any atom is -0.471 e. The van der Waals surface area contributed by atoms with E-state index in [0.29, 0.717) is 23.1 Å². The van der Waals surface area contributed by atoms with Crippen LogP contribution in [-0.2, 0) is 6.42 Å². The maximum atomic E-state index is 14.4. The smallest absolute Gasteiger partial charge is 0.267 e. The van der Waals surface area contributed by atoms with Crippen LogP contribution in [0.4, 0.5) is 4.39 Å². The van der Waals surface area contributed by atoms with Gasteiger partial charge in [0.15, 0.2) is 0 Å². The van der Waals surface area contributed by atoms with Crippen molar-refractivity contribution in [1.82, 2.24) is 4.98 Å². The third kappa shape index (κ3) is 2.99. The summed E-state index contributed by atoms with van der Waals surface area (Å²) in [6.45, 7) is 1.78. The fraction of sp³-hybridized carbons (Fsp3) is 0.294. The zero-order valence-corrected chi connectivity index (χ0v) is 14.3. The number of primary amides is 1. The van der Waals surface area contributed by atoms with E-state index in [-0.39, 0.29) is 24.1 Å². The number of rotatable bonds is 3. The molecule has 0 aliphatic carbocycles. The van der Waals surface area contributed by atoms with Crippen molar-refractivity contribution in [3.05, 3.63) is 41.3 Å². The molecule has 0 spiro atoms. The molecule has 126 valence electrons. The van der Waals surface area contributed by atoms with Gasteiger partial charge in [-0.1, -0.05) is 19.1 Å². The van der Waals surface area contributed by atoms with Crippen molar-refractivity contribution in [2.45, 2.75) is 19.4 Å². The topological polar surface area (TPSA) is 85.4 Å². The molecule has 1 aromatic carbocycles. The standard InChI is InChI=1S/C17H18FN2O3P/c1-8-4-12-11(10-3-2-9(24)5-13(10)18)6-14(16(19)22)20-17(12)23-15(8)7-21/h2-3,5-6,8,15,21H,4,7,24H2,1H3,(H2,19,22). The lowest BCUT2D eigenvalue weighted by molar-refractivity contribution is 0.0561. The van der Waals surface area contributed by atoms with Crippen molar-refractivity contribution in [2.24, 2.45) is 11.7 Å². The molecular formula is C17H18FN2O3P. The number of carbonyl (C=O) groups is 1. The van der Waals surface area contributed by atoms with Crippen LogP contribution in [0.25, 0.3) is 11.1 Å². The molecule has 3 N–H and O–H groups in total. The van der Waals surface area contributed by atoms with E-state index in [1.807, 2.05) is 6.92 Å². The Kier molecular flexibility index (Phi) is 4.52. The van der Waals surface area contributed by atoms with Gasteiger partial charge in [0.25, 0.3) is 5.91 Å². The highest BCUT2D eigenvalue weighted by molar-refractivity contribution is 7.27. The number of nitrogens with zero attached hydrogens (tertiary/aromatic N) is 1. The first-order valence-electron chi connectivity index (χ1n) is 7.57. The number of ether oxygens (including phenoxy) is 1. The second-order valence-electron chi connectivity index (χ2n) is 5.96. The molecule has 1 amide bonds. The van der Waals surface area contributed by atoms with E-state index in [0.717, 1.165) is 5.30 Å². The number of nitrogens with two attached hydrogens (primary N) is 1. The molecule has 0 saturated carbocycles. The zero-order valence-electron chi connectivity index (χ0n) is 13.1. The first-order chi connectivity index (χ1) is 11.4. The normalized spacial score (nSPS) is 19.5. The van der Waals surface area contributed by atoms with Crippen LogP contribution in [0.2, 0.25) is 0 Å². The molecular weight excluding hydrogens is 330 g/mol. The van der Waals surface area contributed by atoms with Crippen LogP contribution >= 0.6 is 9.24 Å². The number of hydrogen-bond acceptors (Lipinski definition) is 4. The summed E-state index contributed by atoms with van der Waals surface area (Å²) in [5.41, 5.74) is 6.97. The van der Waals surface area contributed by atoms with Crippen LogP contribution < -0.4 is 15.8 Å². The van der Waals surface area contributed by atoms with E-state index in [1.165, 1.54) is 12.1 Å². The summed E-state index contributed by atoms with van der Waals surface area (Å²) in [5.74, 6) is -0.854. The van der Waals surface area contributed by atoms with E-state index >= 15 is 0 Å². The Morgan fingerprint density at radius 2 is 2.21 bits per heavy atom. The van der Waals surface area contributed by atoms with Crippen LogP contribution in [0.5, 0.6) is 5.88 Å². The highest BCUT2D eigenvalue weighted by Gasteiger charge is 2.31. The highest BCUT2D eigenvalue weighted by Crippen LogP contribution is 2.38. The summed E-state index contributed by atoms with van der Waals surface area (Å²) in [6.07, 6.45) is 0.143. The van der Waals surface area contributed by atoms with Crippen molar-refractivity contribution >= 4 is 20.5 Å². The fourth-order valence-corrected chi connectivity index (χ4v) is 3.13. The van der Waals surface area contributed by atoms with Gasteiger partial charge >= 0.3 is 0 Å². The maximum absolute atomic E-state index is 14.4. The lowest BCUT2D eigenvalue weighted by Crippen LogP contribution is -2.35. The van der Waals surface area contributed by atoms with E-state index in [9.17, 15) is 14.3 Å². The molecule has 24 heavy (non-hydrogen) atoms. The van der Waals surface area contributed by atoms with E-state index < -0.39 is 17.8 Å². The largest absolute Gasteiger partial charge is 0.471 e. The summed E-state index contributed by atoms with van der Waals surface area (Å²) in [5, 5.41) is 10.1. The Balaban J connectivity index is 2.21. The predicted molar refractivity (Wildman–Crippen MR) is 91.9 cm³/mol. The Hall–Kier alpha value is -2.04. The lowest BCUT2D eigenvalue weighted by atomic mass is 9.88. The second-order valence-corrected chi connectivity index (χ2v) is 6.63. The van der Waals surface area contributed by atoms with Crippen LogP contribution in [0.3, 0.4) is 0 Å². The van der Waals surface area contributed by atoms with Gasteiger partial charge in [0, 0.05) is 11.1 Å². The molecule has 0 saturated heterocycles. The molecule has 3 unspecified atom stereocenters. The van der Waals surface area contributed by atoms with Gasteiger partial charge in [-0.25, -0.2) is 9.37 Å².